The Labute approximate surface area is 173 Å². The number of halogens is 1. The number of benzene rings is 3. The minimum atomic E-state index is -3.95. The Bertz CT molecular complexity index is 1180. The van der Waals surface area contributed by atoms with E-state index in [1.807, 2.05) is 0 Å². The summed E-state index contributed by atoms with van der Waals surface area (Å²) in [6, 6.07) is 17.6. The second-order valence-electron chi connectivity index (χ2n) is 6.08. The van der Waals surface area contributed by atoms with Crippen LogP contribution in [0.1, 0.15) is 15.9 Å². The average molecular weight is 427 g/mol. The van der Waals surface area contributed by atoms with Crippen molar-refractivity contribution in [3.63, 3.8) is 0 Å². The molecule has 0 radical (unpaired) electrons. The van der Waals surface area contributed by atoms with Crippen LogP contribution in [0.5, 0.6) is 5.75 Å². The number of nitrogens with zero attached hydrogens (tertiary/aromatic N) is 1. The van der Waals surface area contributed by atoms with E-state index >= 15 is 0 Å². The van der Waals surface area contributed by atoms with E-state index in [1.165, 1.54) is 61.9 Å². The van der Waals surface area contributed by atoms with Gasteiger partial charge in [-0.3, -0.25) is 9.52 Å². The SMILES string of the molecule is COc1ccccc1NS(=O)(=O)c1cccc(C(=O)N/N=C\c2ccc(F)cc2)c1. The van der Waals surface area contributed by atoms with Crippen LogP contribution in [0.4, 0.5) is 10.1 Å². The maximum absolute atomic E-state index is 12.9. The molecule has 0 aliphatic heterocycles. The summed E-state index contributed by atoms with van der Waals surface area (Å²) in [7, 11) is -2.52. The number of rotatable bonds is 7. The standard InChI is InChI=1S/C21H18FN3O4S/c1-29-20-8-3-2-7-19(20)25-30(27,28)18-6-4-5-16(13-18)21(26)24-23-14-15-9-11-17(22)12-10-15/h2-14,25H,1H3,(H,24,26)/b23-14-. The number of carbonyl (C=O) groups is 1. The Morgan fingerprint density at radius 3 is 2.50 bits per heavy atom. The Balaban J connectivity index is 1.74. The third-order valence-corrected chi connectivity index (χ3v) is 5.37. The molecule has 3 aromatic rings. The number of hydrogen-bond acceptors (Lipinski definition) is 5. The van der Waals surface area contributed by atoms with Gasteiger partial charge in [-0.15, -0.1) is 0 Å². The van der Waals surface area contributed by atoms with Crippen molar-refractivity contribution in [2.45, 2.75) is 4.90 Å². The first-order valence-electron chi connectivity index (χ1n) is 8.74. The molecule has 0 bridgehead atoms. The van der Waals surface area contributed by atoms with Crippen molar-refractivity contribution < 1.29 is 22.3 Å². The van der Waals surface area contributed by atoms with Gasteiger partial charge in [-0.1, -0.05) is 30.3 Å². The summed E-state index contributed by atoms with van der Waals surface area (Å²) in [5, 5.41) is 3.80. The van der Waals surface area contributed by atoms with E-state index in [2.05, 4.69) is 15.2 Å². The molecule has 9 heteroatoms. The maximum Gasteiger partial charge on any atom is 0.271 e. The van der Waals surface area contributed by atoms with Gasteiger partial charge in [-0.2, -0.15) is 5.10 Å². The first kappa shape index (κ1) is 21.0. The molecule has 0 atom stereocenters. The topological polar surface area (TPSA) is 96.9 Å². The van der Waals surface area contributed by atoms with Gasteiger partial charge in [0.25, 0.3) is 15.9 Å². The van der Waals surface area contributed by atoms with Crippen LogP contribution < -0.4 is 14.9 Å². The zero-order valence-corrected chi connectivity index (χ0v) is 16.7. The number of sulfonamides is 1. The molecule has 0 aliphatic carbocycles. The summed E-state index contributed by atoms with van der Waals surface area (Å²) in [6.45, 7) is 0. The van der Waals surface area contributed by atoms with Crippen molar-refractivity contribution in [3.05, 3.63) is 89.7 Å². The molecule has 1 amide bonds. The smallest absolute Gasteiger partial charge is 0.271 e. The molecule has 30 heavy (non-hydrogen) atoms. The Kier molecular flexibility index (Phi) is 6.43. The molecule has 3 rings (SSSR count). The number of hydrogen-bond donors (Lipinski definition) is 2. The summed E-state index contributed by atoms with van der Waals surface area (Å²) < 4.78 is 45.9. The van der Waals surface area contributed by atoms with Gasteiger partial charge in [-0.05, 0) is 48.0 Å². The second kappa shape index (κ2) is 9.19. The molecule has 0 heterocycles. The zero-order valence-electron chi connectivity index (χ0n) is 15.9. The Morgan fingerprint density at radius 1 is 1.03 bits per heavy atom. The molecule has 0 fully saturated rings. The van der Waals surface area contributed by atoms with Crippen molar-refractivity contribution in [2.75, 3.05) is 11.8 Å². The summed E-state index contributed by atoms with van der Waals surface area (Å²) in [5.41, 5.74) is 3.28. The lowest BCUT2D eigenvalue weighted by Crippen LogP contribution is -2.19. The Morgan fingerprint density at radius 2 is 1.77 bits per heavy atom. The molecule has 0 saturated heterocycles. The largest absolute Gasteiger partial charge is 0.495 e. The van der Waals surface area contributed by atoms with Crippen molar-refractivity contribution >= 4 is 27.8 Å². The van der Waals surface area contributed by atoms with E-state index in [9.17, 15) is 17.6 Å². The minimum Gasteiger partial charge on any atom is -0.495 e. The average Bonchev–Trinajstić information content (AvgIpc) is 2.75. The highest BCUT2D eigenvalue weighted by Crippen LogP contribution is 2.26. The first-order chi connectivity index (χ1) is 14.4. The number of nitrogens with one attached hydrogen (secondary N) is 2. The minimum absolute atomic E-state index is 0.0939. The van der Waals surface area contributed by atoms with Gasteiger partial charge in [0.15, 0.2) is 0 Å². The summed E-state index contributed by atoms with van der Waals surface area (Å²) >= 11 is 0. The van der Waals surface area contributed by atoms with Gasteiger partial charge in [0.1, 0.15) is 11.6 Å². The third kappa shape index (κ3) is 5.21. The molecule has 2 N–H and O–H groups in total. The number of hydrazone groups is 1. The summed E-state index contributed by atoms with van der Waals surface area (Å²) in [6.07, 6.45) is 1.35. The predicted molar refractivity (Wildman–Crippen MR) is 112 cm³/mol. The zero-order chi connectivity index (χ0) is 21.6. The van der Waals surface area contributed by atoms with Crippen LogP contribution in [0, 0.1) is 5.82 Å². The highest BCUT2D eigenvalue weighted by Gasteiger charge is 2.18. The van der Waals surface area contributed by atoms with Crippen molar-refractivity contribution in [3.8, 4) is 5.75 Å². The molecule has 0 unspecified atom stereocenters. The van der Waals surface area contributed by atoms with E-state index in [0.29, 0.717) is 11.3 Å². The van der Waals surface area contributed by atoms with Crippen LogP contribution >= 0.6 is 0 Å². The van der Waals surface area contributed by atoms with Gasteiger partial charge in [0.05, 0.1) is 23.9 Å². The van der Waals surface area contributed by atoms with Crippen molar-refractivity contribution in [1.29, 1.82) is 0 Å². The van der Waals surface area contributed by atoms with Crippen LogP contribution in [0.2, 0.25) is 0 Å². The molecule has 3 aromatic carbocycles. The molecular formula is C21H18FN3O4S. The van der Waals surface area contributed by atoms with Crippen LogP contribution in [0.25, 0.3) is 0 Å². The third-order valence-electron chi connectivity index (χ3n) is 4.01. The Hall–Kier alpha value is -3.72. The first-order valence-corrected chi connectivity index (χ1v) is 10.2. The lowest BCUT2D eigenvalue weighted by Gasteiger charge is -2.12. The quantitative estimate of drug-likeness (QED) is 0.446. The van der Waals surface area contributed by atoms with Gasteiger partial charge in [0, 0.05) is 5.56 Å². The normalized spacial score (nSPS) is 11.3. The van der Waals surface area contributed by atoms with Crippen LogP contribution in [0.15, 0.2) is 82.8 Å². The molecular weight excluding hydrogens is 409 g/mol. The molecule has 0 saturated carbocycles. The lowest BCUT2D eigenvalue weighted by molar-refractivity contribution is 0.0955. The number of ether oxygens (including phenoxy) is 1. The second-order valence-corrected chi connectivity index (χ2v) is 7.77. The summed E-state index contributed by atoms with van der Waals surface area (Å²) in [5.74, 6) is -0.608. The monoisotopic (exact) mass is 427 g/mol. The molecule has 0 aliphatic rings. The highest BCUT2D eigenvalue weighted by molar-refractivity contribution is 7.92. The fourth-order valence-electron chi connectivity index (χ4n) is 2.52. The van der Waals surface area contributed by atoms with Crippen LogP contribution in [0.3, 0.4) is 0 Å². The van der Waals surface area contributed by atoms with E-state index in [4.69, 9.17) is 4.74 Å². The number of amides is 1. The number of anilines is 1. The van der Waals surface area contributed by atoms with Gasteiger partial charge in [-0.25, -0.2) is 18.2 Å². The van der Waals surface area contributed by atoms with E-state index in [-0.39, 0.29) is 22.0 Å². The molecule has 7 nitrogen and oxygen atoms in total. The lowest BCUT2D eigenvalue weighted by atomic mass is 10.2. The van der Waals surface area contributed by atoms with E-state index in [1.54, 1.807) is 24.3 Å². The molecule has 154 valence electrons. The van der Waals surface area contributed by atoms with Crippen LogP contribution in [-0.4, -0.2) is 27.6 Å². The van der Waals surface area contributed by atoms with Crippen molar-refractivity contribution in [1.82, 2.24) is 5.43 Å². The predicted octanol–water partition coefficient (Wildman–Crippen LogP) is 3.40. The number of methoxy groups -OCH3 is 1. The van der Waals surface area contributed by atoms with Crippen LogP contribution in [-0.2, 0) is 10.0 Å². The van der Waals surface area contributed by atoms with E-state index in [0.717, 1.165) is 0 Å². The fourth-order valence-corrected chi connectivity index (χ4v) is 3.63. The summed E-state index contributed by atoms with van der Waals surface area (Å²) in [4.78, 5) is 12.2. The number of para-hydroxylation sites is 2. The van der Waals surface area contributed by atoms with Gasteiger partial charge >= 0.3 is 0 Å². The molecule has 0 aromatic heterocycles. The van der Waals surface area contributed by atoms with Gasteiger partial charge < -0.3 is 4.74 Å². The molecule has 0 spiro atoms. The fraction of sp³-hybridized carbons (Fsp3) is 0.0476. The van der Waals surface area contributed by atoms with Crippen molar-refractivity contribution in [2.24, 2.45) is 5.10 Å². The maximum atomic E-state index is 12.9. The highest BCUT2D eigenvalue weighted by atomic mass is 32.2. The van der Waals surface area contributed by atoms with Gasteiger partial charge in [0.2, 0.25) is 0 Å². The van der Waals surface area contributed by atoms with E-state index < -0.39 is 15.9 Å². The number of carbonyl (C=O) groups excluding carboxylic acids is 1.